The third kappa shape index (κ3) is 3.49. The largest absolute Gasteiger partial charge is 0.342 e. The third-order valence-corrected chi connectivity index (χ3v) is 7.48. The predicted molar refractivity (Wildman–Crippen MR) is 96.8 cm³/mol. The molecule has 0 aliphatic carbocycles. The number of hydrogen-bond acceptors (Lipinski definition) is 6. The molecule has 0 bridgehead atoms. The first-order valence-corrected chi connectivity index (χ1v) is 11.1. The van der Waals surface area contributed by atoms with Crippen LogP contribution in [0.3, 0.4) is 0 Å². The fourth-order valence-electron chi connectivity index (χ4n) is 4.17. The molecule has 0 unspecified atom stereocenters. The van der Waals surface area contributed by atoms with Crippen molar-refractivity contribution < 1.29 is 26.5 Å². The number of carbonyl (C=O) groups is 1. The van der Waals surface area contributed by atoms with E-state index in [1.807, 2.05) is 0 Å². The van der Waals surface area contributed by atoms with Gasteiger partial charge in [-0.1, -0.05) is 5.16 Å². The summed E-state index contributed by atoms with van der Waals surface area (Å²) < 4.78 is 55.3. The molecule has 2 aromatic rings. The van der Waals surface area contributed by atoms with E-state index in [0.29, 0.717) is 43.7 Å². The molecule has 0 spiro atoms. The van der Waals surface area contributed by atoms with Crippen molar-refractivity contribution in [1.29, 1.82) is 0 Å². The zero-order chi connectivity index (χ0) is 20.1. The first-order chi connectivity index (χ1) is 13.2. The van der Waals surface area contributed by atoms with Crippen LogP contribution in [-0.2, 0) is 14.6 Å². The van der Waals surface area contributed by atoms with Crippen molar-refractivity contribution in [3.8, 4) is 0 Å². The summed E-state index contributed by atoms with van der Waals surface area (Å²) in [6.07, 6.45) is -1.12. The number of halogens is 2. The van der Waals surface area contributed by atoms with Crippen molar-refractivity contribution in [3.05, 3.63) is 23.0 Å². The van der Waals surface area contributed by atoms with E-state index in [-0.39, 0.29) is 40.0 Å². The maximum absolute atomic E-state index is 13.5. The molecule has 0 radical (unpaired) electrons. The highest BCUT2D eigenvalue weighted by Crippen LogP contribution is 2.35. The smallest absolute Gasteiger partial charge is 0.264 e. The highest BCUT2D eigenvalue weighted by Gasteiger charge is 2.37. The molecule has 0 N–H and O–H groups in total. The molecule has 2 fully saturated rings. The van der Waals surface area contributed by atoms with E-state index in [0.717, 1.165) is 0 Å². The Morgan fingerprint density at radius 1 is 1.29 bits per heavy atom. The average molecular weight is 413 g/mol. The van der Waals surface area contributed by atoms with Crippen molar-refractivity contribution in [2.24, 2.45) is 5.92 Å². The SMILES string of the molecule is Cc1noc2nc(C3CCN(C(=O)[C@@H]4CCS(=O)(=O)C4)CC3)cc(C(F)F)c12. The number of aromatic nitrogens is 2. The predicted octanol–water partition coefficient (Wildman–Crippen LogP) is 2.61. The number of sulfone groups is 1. The number of hydrogen-bond donors (Lipinski definition) is 0. The van der Waals surface area contributed by atoms with Crippen molar-refractivity contribution in [3.63, 3.8) is 0 Å². The minimum atomic E-state index is -3.11. The summed E-state index contributed by atoms with van der Waals surface area (Å²) in [7, 11) is -3.11. The molecule has 2 aliphatic rings. The summed E-state index contributed by atoms with van der Waals surface area (Å²) in [5, 5.41) is 4.00. The van der Waals surface area contributed by atoms with Crippen LogP contribution in [0.15, 0.2) is 10.6 Å². The van der Waals surface area contributed by atoms with Crippen LogP contribution in [0.5, 0.6) is 0 Å². The Bertz CT molecular complexity index is 1010. The van der Waals surface area contributed by atoms with Gasteiger partial charge in [0.05, 0.1) is 28.5 Å². The van der Waals surface area contributed by atoms with E-state index < -0.39 is 22.2 Å². The fraction of sp³-hybridized carbons (Fsp3) is 0.611. The number of fused-ring (bicyclic) bond motifs is 1. The molecule has 2 aromatic heterocycles. The molecule has 152 valence electrons. The Morgan fingerprint density at radius 3 is 2.61 bits per heavy atom. The molecular weight excluding hydrogens is 392 g/mol. The lowest BCUT2D eigenvalue weighted by atomic mass is 9.91. The zero-order valence-corrected chi connectivity index (χ0v) is 16.2. The fourth-order valence-corrected chi connectivity index (χ4v) is 5.90. The molecule has 4 heterocycles. The first kappa shape index (κ1) is 19.2. The minimum Gasteiger partial charge on any atom is -0.342 e. The number of aryl methyl sites for hydroxylation is 1. The molecule has 7 nitrogen and oxygen atoms in total. The lowest BCUT2D eigenvalue weighted by molar-refractivity contribution is -0.135. The first-order valence-electron chi connectivity index (χ1n) is 9.29. The number of piperidine rings is 1. The zero-order valence-electron chi connectivity index (χ0n) is 15.4. The molecule has 0 aromatic carbocycles. The molecule has 4 rings (SSSR count). The summed E-state index contributed by atoms with van der Waals surface area (Å²) in [5.74, 6) is -0.659. The van der Waals surface area contributed by atoms with Crippen molar-refractivity contribution >= 4 is 26.8 Å². The number of alkyl halides is 2. The average Bonchev–Trinajstić information content (AvgIpc) is 3.22. The van der Waals surface area contributed by atoms with Gasteiger partial charge in [0.25, 0.3) is 12.1 Å². The summed E-state index contributed by atoms with van der Waals surface area (Å²) in [6, 6.07) is 1.42. The Labute approximate surface area is 161 Å². The van der Waals surface area contributed by atoms with Gasteiger partial charge in [0.15, 0.2) is 9.84 Å². The number of pyridine rings is 1. The number of nitrogens with zero attached hydrogens (tertiary/aromatic N) is 3. The Balaban J connectivity index is 1.49. The van der Waals surface area contributed by atoms with Gasteiger partial charge in [-0.05, 0) is 32.3 Å². The second-order valence-electron chi connectivity index (χ2n) is 7.58. The van der Waals surface area contributed by atoms with E-state index in [9.17, 15) is 22.0 Å². The van der Waals surface area contributed by atoms with Crippen molar-refractivity contribution in [1.82, 2.24) is 15.0 Å². The van der Waals surface area contributed by atoms with Gasteiger partial charge in [-0.2, -0.15) is 0 Å². The quantitative estimate of drug-likeness (QED) is 0.768. The third-order valence-electron chi connectivity index (χ3n) is 5.71. The molecule has 10 heteroatoms. The molecule has 1 atom stereocenters. The summed E-state index contributed by atoms with van der Waals surface area (Å²) in [6.45, 7) is 2.52. The van der Waals surface area contributed by atoms with Crippen LogP contribution >= 0.6 is 0 Å². The van der Waals surface area contributed by atoms with Crippen LogP contribution < -0.4 is 0 Å². The van der Waals surface area contributed by atoms with E-state index in [2.05, 4.69) is 10.1 Å². The maximum Gasteiger partial charge on any atom is 0.264 e. The van der Waals surface area contributed by atoms with Gasteiger partial charge in [-0.15, -0.1) is 0 Å². The maximum atomic E-state index is 13.5. The highest BCUT2D eigenvalue weighted by atomic mass is 32.2. The summed E-state index contributed by atoms with van der Waals surface area (Å²) in [5.41, 5.74) is 0.888. The second-order valence-corrected chi connectivity index (χ2v) is 9.81. The lowest BCUT2D eigenvalue weighted by Gasteiger charge is -2.33. The Kier molecular flexibility index (Phi) is 4.84. The van der Waals surface area contributed by atoms with E-state index in [4.69, 9.17) is 4.52 Å². The van der Waals surface area contributed by atoms with E-state index in [1.165, 1.54) is 6.07 Å². The summed E-state index contributed by atoms with van der Waals surface area (Å²) in [4.78, 5) is 18.6. The van der Waals surface area contributed by atoms with Gasteiger partial charge in [0.1, 0.15) is 0 Å². The van der Waals surface area contributed by atoms with Crippen LogP contribution in [-0.4, -0.2) is 54.0 Å². The van der Waals surface area contributed by atoms with Gasteiger partial charge in [-0.3, -0.25) is 4.79 Å². The molecule has 1 amide bonds. The highest BCUT2D eigenvalue weighted by molar-refractivity contribution is 7.91. The van der Waals surface area contributed by atoms with Crippen molar-refractivity contribution in [2.45, 2.75) is 38.5 Å². The number of rotatable bonds is 3. The molecule has 28 heavy (non-hydrogen) atoms. The van der Waals surface area contributed by atoms with Crippen LogP contribution in [0.4, 0.5) is 8.78 Å². The Morgan fingerprint density at radius 2 is 2.00 bits per heavy atom. The van der Waals surface area contributed by atoms with Crippen LogP contribution in [0, 0.1) is 12.8 Å². The second kappa shape index (κ2) is 7.06. The van der Waals surface area contributed by atoms with Gasteiger partial charge in [-0.25, -0.2) is 22.2 Å². The van der Waals surface area contributed by atoms with Gasteiger partial charge in [0, 0.05) is 30.3 Å². The normalized spacial score (nSPS) is 23.0. The molecule has 2 saturated heterocycles. The van der Waals surface area contributed by atoms with E-state index in [1.54, 1.807) is 11.8 Å². The van der Waals surface area contributed by atoms with Crippen LogP contribution in [0.1, 0.15) is 48.6 Å². The summed E-state index contributed by atoms with van der Waals surface area (Å²) >= 11 is 0. The van der Waals surface area contributed by atoms with Gasteiger partial charge in [0.2, 0.25) is 5.91 Å². The Hall–Kier alpha value is -2.10. The number of amides is 1. The molecule has 2 aliphatic heterocycles. The van der Waals surface area contributed by atoms with Gasteiger partial charge < -0.3 is 9.42 Å². The number of likely N-dealkylation sites (tertiary alicyclic amines) is 1. The van der Waals surface area contributed by atoms with Crippen molar-refractivity contribution in [2.75, 3.05) is 24.6 Å². The monoisotopic (exact) mass is 413 g/mol. The van der Waals surface area contributed by atoms with Crippen LogP contribution in [0.25, 0.3) is 11.1 Å². The molecular formula is C18H21F2N3O4S. The van der Waals surface area contributed by atoms with E-state index >= 15 is 0 Å². The van der Waals surface area contributed by atoms with Crippen LogP contribution in [0.2, 0.25) is 0 Å². The lowest BCUT2D eigenvalue weighted by Crippen LogP contribution is -2.41. The van der Waals surface area contributed by atoms with Gasteiger partial charge >= 0.3 is 0 Å². The number of carbonyl (C=O) groups excluding carboxylic acids is 1. The minimum absolute atomic E-state index is 0.0660. The molecule has 0 saturated carbocycles. The standard InChI is InChI=1S/C18H21F2N3O4S/c1-10-15-13(16(19)20)8-14(21-17(15)27-22-10)11-2-5-23(6-3-11)18(24)12-4-7-28(25,26)9-12/h8,11-12,16H,2-7,9H2,1H3/t12-/m1/s1. The topological polar surface area (TPSA) is 93.4 Å².